The van der Waals surface area contributed by atoms with E-state index in [1.165, 1.54) is 0 Å². The van der Waals surface area contributed by atoms with Gasteiger partial charge >= 0.3 is 6.09 Å². The van der Waals surface area contributed by atoms with Gasteiger partial charge in [-0.3, -0.25) is 0 Å². The van der Waals surface area contributed by atoms with Gasteiger partial charge in [0, 0.05) is 37.2 Å². The van der Waals surface area contributed by atoms with Gasteiger partial charge in [0.2, 0.25) is 0 Å². The third-order valence-electron chi connectivity index (χ3n) is 3.62. The highest BCUT2D eigenvalue weighted by Gasteiger charge is 2.32. The molecule has 2 rings (SSSR count). The molecular formula is C17H26N2O3. The van der Waals surface area contributed by atoms with E-state index in [1.807, 2.05) is 52.0 Å². The van der Waals surface area contributed by atoms with Gasteiger partial charge in [-0.2, -0.15) is 0 Å². The van der Waals surface area contributed by atoms with E-state index in [0.717, 1.165) is 18.6 Å². The van der Waals surface area contributed by atoms with Gasteiger partial charge < -0.3 is 20.1 Å². The van der Waals surface area contributed by atoms with Crippen LogP contribution in [0.4, 0.5) is 10.5 Å². The van der Waals surface area contributed by atoms with Crippen molar-refractivity contribution in [1.29, 1.82) is 0 Å². The summed E-state index contributed by atoms with van der Waals surface area (Å²) in [5.41, 5.74) is 5.99. The second-order valence-electron chi connectivity index (χ2n) is 6.86. The molecule has 0 radical (unpaired) electrons. The van der Waals surface area contributed by atoms with Crippen LogP contribution in [-0.4, -0.2) is 35.3 Å². The predicted octanol–water partition coefficient (Wildman–Crippen LogP) is 3.44. The van der Waals surface area contributed by atoms with E-state index in [9.17, 15) is 4.79 Å². The Labute approximate surface area is 132 Å². The first-order valence-corrected chi connectivity index (χ1v) is 7.76. The zero-order chi connectivity index (χ0) is 16.3. The molecule has 1 fully saturated rings. The van der Waals surface area contributed by atoms with E-state index in [-0.39, 0.29) is 18.2 Å². The fourth-order valence-corrected chi connectivity index (χ4v) is 2.61. The number of carbonyl (C=O) groups excluding carboxylic acids is 1. The Hall–Kier alpha value is -1.91. The zero-order valence-corrected chi connectivity index (χ0v) is 13.8. The molecular weight excluding hydrogens is 280 g/mol. The number of ether oxygens (including phenoxy) is 2. The van der Waals surface area contributed by atoms with Gasteiger partial charge in [0.05, 0.1) is 0 Å². The number of nitrogen functional groups attached to an aromatic ring is 1. The molecule has 122 valence electrons. The van der Waals surface area contributed by atoms with Crippen LogP contribution in [0.1, 0.15) is 40.5 Å². The Morgan fingerprint density at radius 2 is 2.09 bits per heavy atom. The van der Waals surface area contributed by atoms with E-state index < -0.39 is 5.60 Å². The summed E-state index contributed by atoms with van der Waals surface area (Å²) in [6.45, 7) is 8.31. The maximum atomic E-state index is 12.2. The molecule has 0 aromatic heterocycles. The first kappa shape index (κ1) is 16.5. The zero-order valence-electron chi connectivity index (χ0n) is 13.8. The van der Waals surface area contributed by atoms with Crippen LogP contribution in [0, 0.1) is 0 Å². The number of amides is 1. The van der Waals surface area contributed by atoms with Gasteiger partial charge in [0.15, 0.2) is 0 Å². The van der Waals surface area contributed by atoms with Crippen LogP contribution in [0.15, 0.2) is 24.3 Å². The molecule has 2 N–H and O–H groups in total. The van der Waals surface area contributed by atoms with Crippen LogP contribution >= 0.6 is 0 Å². The summed E-state index contributed by atoms with van der Waals surface area (Å²) in [6.07, 6.45) is 1.42. The SMILES string of the molecule is CC1CC(Oc2cccc(N)c2)CCN1C(=O)OC(C)(C)C. The van der Waals surface area contributed by atoms with Crippen molar-refractivity contribution in [2.24, 2.45) is 0 Å². The molecule has 1 amide bonds. The summed E-state index contributed by atoms with van der Waals surface area (Å²) in [4.78, 5) is 14.0. The fourth-order valence-electron chi connectivity index (χ4n) is 2.61. The number of rotatable bonds is 2. The third kappa shape index (κ3) is 4.55. The smallest absolute Gasteiger partial charge is 0.410 e. The van der Waals surface area contributed by atoms with Gasteiger partial charge in [-0.1, -0.05) is 6.07 Å². The van der Waals surface area contributed by atoms with Crippen LogP contribution in [0.3, 0.4) is 0 Å². The topological polar surface area (TPSA) is 64.8 Å². The van der Waals surface area contributed by atoms with Gasteiger partial charge in [0.25, 0.3) is 0 Å². The van der Waals surface area contributed by atoms with E-state index in [4.69, 9.17) is 15.2 Å². The number of benzene rings is 1. The van der Waals surface area contributed by atoms with E-state index in [2.05, 4.69) is 0 Å². The largest absolute Gasteiger partial charge is 0.490 e. The highest BCUT2D eigenvalue weighted by atomic mass is 16.6. The minimum absolute atomic E-state index is 0.0923. The highest BCUT2D eigenvalue weighted by molar-refractivity contribution is 5.68. The monoisotopic (exact) mass is 306 g/mol. The molecule has 0 saturated carbocycles. The van der Waals surface area contributed by atoms with Crippen LogP contribution < -0.4 is 10.5 Å². The van der Waals surface area contributed by atoms with Crippen molar-refractivity contribution >= 4 is 11.8 Å². The maximum Gasteiger partial charge on any atom is 0.410 e. The summed E-state index contributed by atoms with van der Waals surface area (Å²) in [6, 6.07) is 7.53. The quantitative estimate of drug-likeness (QED) is 0.850. The lowest BCUT2D eigenvalue weighted by Gasteiger charge is -2.38. The van der Waals surface area contributed by atoms with Crippen molar-refractivity contribution in [3.63, 3.8) is 0 Å². The Balaban J connectivity index is 1.91. The van der Waals surface area contributed by atoms with Gasteiger partial charge in [-0.15, -0.1) is 0 Å². The number of piperidine rings is 1. The van der Waals surface area contributed by atoms with E-state index in [0.29, 0.717) is 12.2 Å². The molecule has 5 nitrogen and oxygen atoms in total. The third-order valence-corrected chi connectivity index (χ3v) is 3.62. The first-order chi connectivity index (χ1) is 10.2. The molecule has 1 aromatic carbocycles. The summed E-state index contributed by atoms with van der Waals surface area (Å²) in [5.74, 6) is 0.780. The second kappa shape index (κ2) is 6.46. The molecule has 1 aliphatic heterocycles. The average Bonchev–Trinajstić information content (AvgIpc) is 2.36. The minimum Gasteiger partial charge on any atom is -0.490 e. The van der Waals surface area contributed by atoms with Gasteiger partial charge in [-0.05, 0) is 39.8 Å². The summed E-state index contributed by atoms with van der Waals surface area (Å²) >= 11 is 0. The van der Waals surface area contributed by atoms with Crippen molar-refractivity contribution in [3.05, 3.63) is 24.3 Å². The predicted molar refractivity (Wildman–Crippen MR) is 86.9 cm³/mol. The van der Waals surface area contributed by atoms with Crippen LogP contribution in [0.2, 0.25) is 0 Å². The summed E-state index contributed by atoms with van der Waals surface area (Å²) < 4.78 is 11.4. The molecule has 2 unspecified atom stereocenters. The lowest BCUT2D eigenvalue weighted by molar-refractivity contribution is -0.00101. The second-order valence-corrected chi connectivity index (χ2v) is 6.86. The number of carbonyl (C=O) groups is 1. The van der Waals surface area contributed by atoms with Gasteiger partial charge in [0.1, 0.15) is 17.5 Å². The van der Waals surface area contributed by atoms with Crippen LogP contribution in [-0.2, 0) is 4.74 Å². The summed E-state index contributed by atoms with van der Waals surface area (Å²) in [7, 11) is 0. The first-order valence-electron chi connectivity index (χ1n) is 7.76. The van der Waals surface area contributed by atoms with Crippen molar-refractivity contribution in [2.75, 3.05) is 12.3 Å². The van der Waals surface area contributed by atoms with Crippen molar-refractivity contribution in [2.45, 2.75) is 58.3 Å². The molecule has 1 aliphatic rings. The lowest BCUT2D eigenvalue weighted by Crippen LogP contribution is -2.49. The van der Waals surface area contributed by atoms with E-state index in [1.54, 1.807) is 4.90 Å². The fraction of sp³-hybridized carbons (Fsp3) is 0.588. The number of anilines is 1. The molecule has 5 heteroatoms. The highest BCUT2D eigenvalue weighted by Crippen LogP contribution is 2.25. The number of likely N-dealkylation sites (tertiary alicyclic amines) is 1. The Kier molecular flexibility index (Phi) is 4.84. The normalized spacial score (nSPS) is 22.3. The van der Waals surface area contributed by atoms with Crippen molar-refractivity contribution in [1.82, 2.24) is 4.90 Å². The molecule has 0 aliphatic carbocycles. The number of hydrogen-bond acceptors (Lipinski definition) is 4. The molecule has 0 spiro atoms. The Morgan fingerprint density at radius 1 is 1.36 bits per heavy atom. The van der Waals surface area contributed by atoms with Gasteiger partial charge in [-0.25, -0.2) is 4.79 Å². The van der Waals surface area contributed by atoms with Crippen molar-refractivity contribution in [3.8, 4) is 5.75 Å². The van der Waals surface area contributed by atoms with Crippen LogP contribution in [0.25, 0.3) is 0 Å². The number of nitrogens with two attached hydrogens (primary N) is 1. The van der Waals surface area contributed by atoms with E-state index >= 15 is 0 Å². The Morgan fingerprint density at radius 3 is 2.68 bits per heavy atom. The molecule has 2 atom stereocenters. The Bertz CT molecular complexity index is 525. The average molecular weight is 306 g/mol. The standard InChI is InChI=1S/C17H26N2O3/c1-12-10-15(21-14-7-5-6-13(18)11-14)8-9-19(12)16(20)22-17(2,3)4/h5-7,11-12,15H,8-10,18H2,1-4H3. The maximum absolute atomic E-state index is 12.2. The molecule has 1 saturated heterocycles. The molecule has 1 heterocycles. The van der Waals surface area contributed by atoms with Crippen molar-refractivity contribution < 1.29 is 14.3 Å². The van der Waals surface area contributed by atoms with Crippen LogP contribution in [0.5, 0.6) is 5.75 Å². The summed E-state index contributed by atoms with van der Waals surface area (Å²) in [5, 5.41) is 0. The lowest BCUT2D eigenvalue weighted by atomic mass is 10.0. The molecule has 1 aromatic rings. The number of nitrogens with zero attached hydrogens (tertiary/aromatic N) is 1. The minimum atomic E-state index is -0.467. The molecule has 22 heavy (non-hydrogen) atoms. The number of hydrogen-bond donors (Lipinski definition) is 1. The molecule has 0 bridgehead atoms.